The van der Waals surface area contributed by atoms with Crippen molar-refractivity contribution in [1.29, 1.82) is 0 Å². The third-order valence-electron chi connectivity index (χ3n) is 3.18. The lowest BCUT2D eigenvalue weighted by Crippen LogP contribution is -2.18. The molecule has 21 heavy (non-hydrogen) atoms. The van der Waals surface area contributed by atoms with E-state index in [1.807, 2.05) is 12.1 Å². The minimum atomic E-state index is 0.368. The van der Waals surface area contributed by atoms with Crippen molar-refractivity contribution < 1.29 is 4.74 Å². The van der Waals surface area contributed by atoms with Crippen LogP contribution in [0.5, 0.6) is 5.75 Å². The summed E-state index contributed by atoms with van der Waals surface area (Å²) in [5.74, 6) is 0.928. The van der Waals surface area contributed by atoms with Gasteiger partial charge in [0.2, 0.25) is 0 Å². The number of nitrogens with one attached hydrogen (secondary N) is 1. The Morgan fingerprint density at radius 1 is 1.14 bits per heavy atom. The zero-order valence-corrected chi connectivity index (χ0v) is 14.2. The molecule has 0 aliphatic heterocycles. The average molecular weight is 348 g/mol. The normalized spacial score (nSPS) is 12.0. The van der Waals surface area contributed by atoms with Crippen LogP contribution in [-0.2, 0) is 6.42 Å². The maximum atomic E-state index is 5.66. The Balaban J connectivity index is 1.92. The van der Waals surface area contributed by atoms with E-state index >= 15 is 0 Å². The van der Waals surface area contributed by atoms with E-state index in [1.165, 1.54) is 5.56 Å². The fraction of sp³-hybridized carbons (Fsp3) is 0.333. The van der Waals surface area contributed by atoms with Gasteiger partial charge >= 0.3 is 0 Å². The number of hydrogen-bond donors (Lipinski definition) is 1. The van der Waals surface area contributed by atoms with Crippen molar-refractivity contribution in [2.75, 3.05) is 11.9 Å². The molecule has 0 bridgehead atoms. The van der Waals surface area contributed by atoms with Crippen molar-refractivity contribution in [3.8, 4) is 5.75 Å². The highest BCUT2D eigenvalue weighted by Crippen LogP contribution is 2.19. The van der Waals surface area contributed by atoms with E-state index in [9.17, 15) is 0 Å². The zero-order chi connectivity index (χ0) is 15.1. The monoisotopic (exact) mass is 347 g/mol. The Bertz CT molecular complexity index is 553. The van der Waals surface area contributed by atoms with Gasteiger partial charge in [-0.3, -0.25) is 0 Å². The first-order valence-electron chi connectivity index (χ1n) is 7.41. The molecule has 2 aromatic carbocycles. The molecule has 1 N–H and O–H groups in total. The van der Waals surface area contributed by atoms with Crippen LogP contribution in [0, 0.1) is 0 Å². The van der Waals surface area contributed by atoms with E-state index in [2.05, 4.69) is 71.5 Å². The van der Waals surface area contributed by atoms with E-state index in [0.717, 1.165) is 35.4 Å². The van der Waals surface area contributed by atoms with E-state index in [4.69, 9.17) is 4.74 Å². The van der Waals surface area contributed by atoms with Crippen LogP contribution in [0.15, 0.2) is 53.0 Å². The van der Waals surface area contributed by atoms with E-state index < -0.39 is 0 Å². The van der Waals surface area contributed by atoms with Gasteiger partial charge in [0.05, 0.1) is 6.61 Å². The minimum Gasteiger partial charge on any atom is -0.494 e. The van der Waals surface area contributed by atoms with Crippen molar-refractivity contribution in [1.82, 2.24) is 0 Å². The summed E-state index contributed by atoms with van der Waals surface area (Å²) in [7, 11) is 0. The number of anilines is 1. The van der Waals surface area contributed by atoms with Crippen LogP contribution in [0.1, 0.15) is 25.8 Å². The molecule has 2 aromatic rings. The molecule has 0 saturated heterocycles. The summed E-state index contributed by atoms with van der Waals surface area (Å²) in [5, 5.41) is 3.53. The van der Waals surface area contributed by atoms with Gasteiger partial charge in [0, 0.05) is 22.3 Å². The van der Waals surface area contributed by atoms with Crippen LogP contribution < -0.4 is 10.1 Å². The molecule has 0 aliphatic carbocycles. The molecule has 1 unspecified atom stereocenters. The van der Waals surface area contributed by atoms with Gasteiger partial charge in [-0.15, -0.1) is 0 Å². The van der Waals surface area contributed by atoms with Gasteiger partial charge < -0.3 is 10.1 Å². The summed E-state index contributed by atoms with van der Waals surface area (Å²) in [5.41, 5.74) is 2.44. The molecule has 0 radical (unpaired) electrons. The molecule has 1 atom stereocenters. The molecule has 0 spiro atoms. The molecular weight excluding hydrogens is 326 g/mol. The quantitative estimate of drug-likeness (QED) is 0.735. The smallest absolute Gasteiger partial charge is 0.121 e. The van der Waals surface area contributed by atoms with Gasteiger partial charge in [0.25, 0.3) is 0 Å². The molecule has 0 aliphatic rings. The lowest BCUT2D eigenvalue weighted by atomic mass is 10.1. The fourth-order valence-electron chi connectivity index (χ4n) is 2.21. The SMILES string of the molecule is CCCOc1cccc(NC(C)Cc2ccc(Br)cc2)c1. The maximum absolute atomic E-state index is 5.66. The standard InChI is InChI=1S/C18H22BrNO/c1-3-11-21-18-6-4-5-17(13-18)20-14(2)12-15-7-9-16(19)10-8-15/h4-10,13-14,20H,3,11-12H2,1-2H3. The zero-order valence-electron chi connectivity index (χ0n) is 12.6. The van der Waals surface area contributed by atoms with Crippen LogP contribution in [0.25, 0.3) is 0 Å². The number of rotatable bonds is 7. The van der Waals surface area contributed by atoms with Crippen molar-refractivity contribution in [3.63, 3.8) is 0 Å². The third-order valence-corrected chi connectivity index (χ3v) is 3.70. The number of benzene rings is 2. The Kier molecular flexibility index (Phi) is 6.12. The highest BCUT2D eigenvalue weighted by Gasteiger charge is 2.04. The van der Waals surface area contributed by atoms with Crippen LogP contribution >= 0.6 is 15.9 Å². The van der Waals surface area contributed by atoms with Crippen molar-refractivity contribution in [2.45, 2.75) is 32.7 Å². The van der Waals surface area contributed by atoms with Gasteiger partial charge in [-0.25, -0.2) is 0 Å². The second kappa shape index (κ2) is 8.08. The second-order valence-corrected chi connectivity index (χ2v) is 6.17. The fourth-order valence-corrected chi connectivity index (χ4v) is 2.47. The van der Waals surface area contributed by atoms with Crippen LogP contribution in [0.4, 0.5) is 5.69 Å². The summed E-state index contributed by atoms with van der Waals surface area (Å²) < 4.78 is 6.78. The lowest BCUT2D eigenvalue weighted by Gasteiger charge is -2.16. The second-order valence-electron chi connectivity index (χ2n) is 5.25. The largest absolute Gasteiger partial charge is 0.494 e. The van der Waals surface area contributed by atoms with Gasteiger partial charge in [0.1, 0.15) is 5.75 Å². The Hall–Kier alpha value is -1.48. The Morgan fingerprint density at radius 2 is 1.90 bits per heavy atom. The summed E-state index contributed by atoms with van der Waals surface area (Å²) in [6.07, 6.45) is 2.02. The lowest BCUT2D eigenvalue weighted by molar-refractivity contribution is 0.317. The Morgan fingerprint density at radius 3 is 2.62 bits per heavy atom. The van der Waals surface area contributed by atoms with Crippen molar-refractivity contribution in [2.24, 2.45) is 0 Å². The summed E-state index contributed by atoms with van der Waals surface area (Å²) in [4.78, 5) is 0. The predicted octanol–water partition coefficient (Wildman–Crippen LogP) is 5.28. The van der Waals surface area contributed by atoms with Crippen LogP contribution in [-0.4, -0.2) is 12.6 Å². The molecule has 0 fully saturated rings. The van der Waals surface area contributed by atoms with Crippen molar-refractivity contribution >= 4 is 21.6 Å². The molecule has 3 heteroatoms. The highest BCUT2D eigenvalue weighted by molar-refractivity contribution is 9.10. The Labute approximate surface area is 135 Å². The van der Waals surface area contributed by atoms with Gasteiger partial charge in [-0.1, -0.05) is 41.1 Å². The van der Waals surface area contributed by atoms with Gasteiger partial charge in [0.15, 0.2) is 0 Å². The molecular formula is C18H22BrNO. The third kappa shape index (κ3) is 5.43. The maximum Gasteiger partial charge on any atom is 0.121 e. The average Bonchev–Trinajstić information content (AvgIpc) is 2.48. The molecule has 2 rings (SSSR count). The molecule has 0 saturated carbocycles. The first-order valence-corrected chi connectivity index (χ1v) is 8.20. The van der Waals surface area contributed by atoms with E-state index in [-0.39, 0.29) is 0 Å². The molecule has 0 heterocycles. The van der Waals surface area contributed by atoms with Crippen molar-refractivity contribution in [3.05, 3.63) is 58.6 Å². The minimum absolute atomic E-state index is 0.368. The predicted molar refractivity (Wildman–Crippen MR) is 93.2 cm³/mol. The molecule has 112 valence electrons. The number of halogens is 1. The molecule has 2 nitrogen and oxygen atoms in total. The summed E-state index contributed by atoms with van der Waals surface area (Å²) >= 11 is 3.46. The van der Waals surface area contributed by atoms with Crippen LogP contribution in [0.3, 0.4) is 0 Å². The summed E-state index contributed by atoms with van der Waals surface area (Å²) in [6.45, 7) is 5.07. The van der Waals surface area contributed by atoms with Gasteiger partial charge in [-0.2, -0.15) is 0 Å². The first-order chi connectivity index (χ1) is 10.2. The van der Waals surface area contributed by atoms with E-state index in [0.29, 0.717) is 6.04 Å². The molecule has 0 aromatic heterocycles. The topological polar surface area (TPSA) is 21.3 Å². The number of ether oxygens (including phenoxy) is 1. The highest BCUT2D eigenvalue weighted by atomic mass is 79.9. The summed E-state index contributed by atoms with van der Waals surface area (Å²) in [6, 6.07) is 17.0. The van der Waals surface area contributed by atoms with Gasteiger partial charge in [-0.05, 0) is 49.6 Å². The van der Waals surface area contributed by atoms with E-state index in [1.54, 1.807) is 0 Å². The van der Waals surface area contributed by atoms with Crippen LogP contribution in [0.2, 0.25) is 0 Å². The first kappa shape index (κ1) is 15.9. The number of hydrogen-bond acceptors (Lipinski definition) is 2. The molecule has 0 amide bonds.